The van der Waals surface area contributed by atoms with Crippen LogP contribution in [0.4, 0.5) is 11.5 Å². The Hall–Kier alpha value is -2.50. The van der Waals surface area contributed by atoms with E-state index in [1.165, 1.54) is 0 Å². The third kappa shape index (κ3) is 2.20. The van der Waals surface area contributed by atoms with Crippen LogP contribution in [0.1, 0.15) is 6.92 Å². The van der Waals surface area contributed by atoms with E-state index in [1.54, 1.807) is 28.8 Å². The van der Waals surface area contributed by atoms with Gasteiger partial charge < -0.3 is 15.4 Å². The number of benzene rings is 1. The summed E-state index contributed by atoms with van der Waals surface area (Å²) in [6.45, 7) is 2.88. The van der Waals surface area contributed by atoms with Crippen LogP contribution in [-0.2, 0) is 11.3 Å². The molecule has 20 heavy (non-hydrogen) atoms. The molecule has 104 valence electrons. The maximum Gasteiger partial charge on any atom is 0.267 e. The van der Waals surface area contributed by atoms with Crippen LogP contribution in [0.3, 0.4) is 0 Å². The van der Waals surface area contributed by atoms with Crippen LogP contribution in [0.2, 0.25) is 0 Å². The summed E-state index contributed by atoms with van der Waals surface area (Å²) >= 11 is 0. The van der Waals surface area contributed by atoms with Gasteiger partial charge in [-0.2, -0.15) is 5.10 Å². The molecule has 0 aliphatic carbocycles. The molecule has 1 aliphatic heterocycles. The van der Waals surface area contributed by atoms with E-state index in [0.717, 1.165) is 11.4 Å². The van der Waals surface area contributed by atoms with Crippen molar-refractivity contribution in [2.24, 2.45) is 0 Å². The molecular weight excluding hydrogens is 256 g/mol. The Morgan fingerprint density at radius 1 is 1.30 bits per heavy atom. The molecule has 6 heteroatoms. The molecule has 0 fully saturated rings. The highest BCUT2D eigenvalue weighted by molar-refractivity contribution is 5.99. The van der Waals surface area contributed by atoms with Gasteiger partial charge in [0.15, 0.2) is 6.10 Å². The van der Waals surface area contributed by atoms with Gasteiger partial charge in [-0.3, -0.25) is 9.48 Å². The molecule has 2 aromatic rings. The second kappa shape index (κ2) is 4.88. The lowest BCUT2D eigenvalue weighted by Gasteiger charge is -2.32. The van der Waals surface area contributed by atoms with Gasteiger partial charge in [0.05, 0.1) is 12.2 Å². The first-order chi connectivity index (χ1) is 9.65. The molecule has 0 bridgehead atoms. The third-order valence-corrected chi connectivity index (χ3v) is 3.29. The van der Waals surface area contributed by atoms with E-state index in [2.05, 4.69) is 5.10 Å². The molecule has 0 radical (unpaired) electrons. The number of aromatic nitrogens is 2. The van der Waals surface area contributed by atoms with Crippen molar-refractivity contribution < 1.29 is 9.53 Å². The minimum absolute atomic E-state index is 0.0381. The van der Waals surface area contributed by atoms with Crippen LogP contribution in [0.25, 0.3) is 0 Å². The number of nitrogens with two attached hydrogens (primary N) is 1. The van der Waals surface area contributed by atoms with Crippen molar-refractivity contribution in [1.82, 2.24) is 9.78 Å². The van der Waals surface area contributed by atoms with E-state index in [1.807, 2.05) is 24.3 Å². The summed E-state index contributed by atoms with van der Waals surface area (Å²) < 4.78 is 7.32. The number of nitrogens with zero attached hydrogens (tertiary/aromatic N) is 3. The molecular formula is C14H16N4O2. The van der Waals surface area contributed by atoms with Gasteiger partial charge in [-0.25, -0.2) is 0 Å². The summed E-state index contributed by atoms with van der Waals surface area (Å²) in [6, 6.07) is 9.28. The summed E-state index contributed by atoms with van der Waals surface area (Å²) in [5, 5.41) is 4.12. The first-order valence-electron chi connectivity index (χ1n) is 6.51. The van der Waals surface area contributed by atoms with Crippen LogP contribution < -0.4 is 15.4 Å². The summed E-state index contributed by atoms with van der Waals surface area (Å²) in [5.41, 5.74) is 6.38. The minimum Gasteiger partial charge on any atom is -0.479 e. The van der Waals surface area contributed by atoms with Gasteiger partial charge in [0.2, 0.25) is 0 Å². The molecule has 0 spiro atoms. The Balaban J connectivity index is 1.82. The number of hydrogen-bond donors (Lipinski definition) is 1. The minimum atomic E-state index is -0.465. The molecule has 1 aromatic carbocycles. The van der Waals surface area contributed by atoms with Crippen molar-refractivity contribution in [3.8, 4) is 5.75 Å². The van der Waals surface area contributed by atoms with Crippen molar-refractivity contribution in [3.05, 3.63) is 36.5 Å². The lowest BCUT2D eigenvalue weighted by molar-refractivity contribution is -0.125. The zero-order chi connectivity index (χ0) is 14.1. The highest BCUT2D eigenvalue weighted by atomic mass is 16.5. The van der Waals surface area contributed by atoms with Gasteiger partial charge in [-0.05, 0) is 25.1 Å². The van der Waals surface area contributed by atoms with Crippen LogP contribution in [0, 0.1) is 0 Å². The number of fused-ring (bicyclic) bond motifs is 1. The number of rotatable bonds is 3. The van der Waals surface area contributed by atoms with Crippen LogP contribution in [0.5, 0.6) is 5.75 Å². The van der Waals surface area contributed by atoms with Gasteiger partial charge in [-0.15, -0.1) is 0 Å². The Bertz CT molecular complexity index is 638. The monoisotopic (exact) mass is 272 g/mol. The normalized spacial score (nSPS) is 17.8. The maximum absolute atomic E-state index is 12.3. The first kappa shape index (κ1) is 12.5. The number of amides is 1. The van der Waals surface area contributed by atoms with Crippen molar-refractivity contribution in [1.29, 1.82) is 0 Å². The molecule has 0 saturated heterocycles. The lowest BCUT2D eigenvalue weighted by atomic mass is 10.2. The lowest BCUT2D eigenvalue weighted by Crippen LogP contribution is -2.45. The number of ether oxygens (including phenoxy) is 1. The average Bonchev–Trinajstić information content (AvgIpc) is 2.85. The average molecular weight is 272 g/mol. The number of carbonyl (C=O) groups is 1. The fourth-order valence-corrected chi connectivity index (χ4v) is 2.29. The van der Waals surface area contributed by atoms with Crippen molar-refractivity contribution in [2.75, 3.05) is 17.2 Å². The quantitative estimate of drug-likeness (QED) is 0.913. The van der Waals surface area contributed by atoms with Gasteiger partial charge in [-0.1, -0.05) is 12.1 Å². The van der Waals surface area contributed by atoms with Gasteiger partial charge in [0.1, 0.15) is 11.6 Å². The molecule has 2 heterocycles. The fourth-order valence-electron chi connectivity index (χ4n) is 2.29. The summed E-state index contributed by atoms with van der Waals surface area (Å²) in [7, 11) is 0. The van der Waals surface area contributed by atoms with E-state index in [0.29, 0.717) is 18.9 Å². The molecule has 3 rings (SSSR count). The predicted molar refractivity (Wildman–Crippen MR) is 75.5 cm³/mol. The van der Waals surface area contributed by atoms with E-state index >= 15 is 0 Å². The Labute approximate surface area is 116 Å². The zero-order valence-electron chi connectivity index (χ0n) is 11.2. The van der Waals surface area contributed by atoms with Crippen molar-refractivity contribution in [2.45, 2.75) is 19.6 Å². The molecule has 6 nitrogen and oxygen atoms in total. The number of para-hydroxylation sites is 2. The van der Waals surface area contributed by atoms with Crippen molar-refractivity contribution >= 4 is 17.4 Å². The van der Waals surface area contributed by atoms with Gasteiger partial charge >= 0.3 is 0 Å². The van der Waals surface area contributed by atoms with Gasteiger partial charge in [0.25, 0.3) is 5.91 Å². The molecule has 1 aromatic heterocycles. The molecule has 1 atom stereocenters. The zero-order valence-corrected chi connectivity index (χ0v) is 11.2. The predicted octanol–water partition coefficient (Wildman–Crippen LogP) is 1.28. The fraction of sp³-hybridized carbons (Fsp3) is 0.286. The Morgan fingerprint density at radius 2 is 2.10 bits per heavy atom. The highest BCUT2D eigenvalue weighted by Gasteiger charge is 2.30. The summed E-state index contributed by atoms with van der Waals surface area (Å²) in [4.78, 5) is 14.0. The molecule has 1 amide bonds. The number of anilines is 2. The maximum atomic E-state index is 12.3. The summed E-state index contributed by atoms with van der Waals surface area (Å²) in [6.07, 6.45) is 1.34. The smallest absolute Gasteiger partial charge is 0.267 e. The number of nitrogen functional groups attached to an aromatic ring is 1. The number of carbonyl (C=O) groups excluding carboxylic acids is 1. The first-order valence-corrected chi connectivity index (χ1v) is 6.51. The van der Waals surface area contributed by atoms with E-state index in [-0.39, 0.29) is 5.91 Å². The second-order valence-corrected chi connectivity index (χ2v) is 4.72. The topological polar surface area (TPSA) is 73.4 Å². The molecule has 1 unspecified atom stereocenters. The Morgan fingerprint density at radius 3 is 2.85 bits per heavy atom. The van der Waals surface area contributed by atoms with Gasteiger partial charge in [0, 0.05) is 12.7 Å². The largest absolute Gasteiger partial charge is 0.479 e. The molecule has 2 N–H and O–H groups in total. The van der Waals surface area contributed by atoms with Crippen LogP contribution in [-0.4, -0.2) is 28.3 Å². The SMILES string of the molecule is CC1Oc2ccccc2N(CCn2ccc(N)n2)C1=O. The van der Waals surface area contributed by atoms with Crippen molar-refractivity contribution in [3.63, 3.8) is 0 Å². The second-order valence-electron chi connectivity index (χ2n) is 4.72. The van der Waals surface area contributed by atoms with Crippen LogP contribution >= 0.6 is 0 Å². The Kier molecular flexibility index (Phi) is 3.06. The van der Waals surface area contributed by atoms with E-state index < -0.39 is 6.10 Å². The van der Waals surface area contributed by atoms with E-state index in [4.69, 9.17) is 10.5 Å². The standard InChI is InChI=1S/C14H16N4O2/c1-10-14(19)18(9-8-17-7-6-13(15)16-17)11-4-2-3-5-12(11)20-10/h2-7,10H,8-9H2,1H3,(H2,15,16). The summed E-state index contributed by atoms with van der Waals surface area (Å²) in [5.74, 6) is 1.18. The molecule has 1 aliphatic rings. The molecule has 0 saturated carbocycles. The highest BCUT2D eigenvalue weighted by Crippen LogP contribution is 2.33. The van der Waals surface area contributed by atoms with Crippen LogP contribution in [0.15, 0.2) is 36.5 Å². The number of hydrogen-bond acceptors (Lipinski definition) is 4. The van der Waals surface area contributed by atoms with E-state index in [9.17, 15) is 4.79 Å². The third-order valence-electron chi connectivity index (χ3n) is 3.29.